The van der Waals surface area contributed by atoms with E-state index in [0.29, 0.717) is 0 Å². The molecule has 0 saturated heterocycles. The van der Waals surface area contributed by atoms with Crippen molar-refractivity contribution in [3.63, 3.8) is 0 Å². The summed E-state index contributed by atoms with van der Waals surface area (Å²) in [6, 6.07) is 10.9. The number of nitrogens with zero attached hydrogens (tertiary/aromatic N) is 1. The number of rotatable bonds is 7. The van der Waals surface area contributed by atoms with E-state index in [1.807, 2.05) is 11.3 Å². The highest BCUT2D eigenvalue weighted by atomic mass is 79.9. The molecule has 0 spiro atoms. The summed E-state index contributed by atoms with van der Waals surface area (Å²) in [7, 11) is 2.18. The Morgan fingerprint density at radius 3 is 2.76 bits per heavy atom. The highest BCUT2D eigenvalue weighted by Gasteiger charge is 2.08. The van der Waals surface area contributed by atoms with Crippen LogP contribution in [0.25, 0.3) is 0 Å². The molecule has 0 bridgehead atoms. The van der Waals surface area contributed by atoms with Gasteiger partial charge in [0.2, 0.25) is 0 Å². The molecule has 114 valence electrons. The zero-order valence-electron chi connectivity index (χ0n) is 12.9. The molecule has 2 nitrogen and oxygen atoms in total. The summed E-state index contributed by atoms with van der Waals surface area (Å²) >= 11 is 5.44. The number of halogens is 1. The Bertz CT molecular complexity index is 580. The molecule has 0 fully saturated rings. The molecule has 0 unspecified atom stereocenters. The van der Waals surface area contributed by atoms with Crippen molar-refractivity contribution in [1.29, 1.82) is 0 Å². The van der Waals surface area contributed by atoms with Gasteiger partial charge in [0.1, 0.15) is 0 Å². The van der Waals surface area contributed by atoms with E-state index in [1.165, 1.54) is 20.9 Å². The van der Waals surface area contributed by atoms with Crippen LogP contribution in [-0.2, 0) is 19.6 Å². The fourth-order valence-corrected chi connectivity index (χ4v) is 3.84. The molecule has 1 N–H and O–H groups in total. The van der Waals surface area contributed by atoms with Crippen LogP contribution in [0.5, 0.6) is 0 Å². The summed E-state index contributed by atoms with van der Waals surface area (Å²) in [5, 5.41) is 3.40. The van der Waals surface area contributed by atoms with Gasteiger partial charge in [0, 0.05) is 33.9 Å². The molecular weight excluding hydrogens is 344 g/mol. The summed E-state index contributed by atoms with van der Waals surface area (Å²) in [6.45, 7) is 8.35. The summed E-state index contributed by atoms with van der Waals surface area (Å²) in [4.78, 5) is 5.23. The second-order valence-corrected chi connectivity index (χ2v) is 7.63. The minimum atomic E-state index is 0.970. The number of benzene rings is 1. The molecule has 2 aromatic rings. The third-order valence-electron chi connectivity index (χ3n) is 3.40. The maximum absolute atomic E-state index is 3.53. The lowest BCUT2D eigenvalue weighted by atomic mass is 10.2. The van der Waals surface area contributed by atoms with Crippen molar-refractivity contribution < 1.29 is 0 Å². The predicted molar refractivity (Wildman–Crippen MR) is 95.7 cm³/mol. The molecule has 4 heteroatoms. The minimum absolute atomic E-state index is 0.970. The van der Waals surface area contributed by atoms with Crippen LogP contribution in [0.2, 0.25) is 0 Å². The topological polar surface area (TPSA) is 15.3 Å². The Morgan fingerprint density at radius 1 is 1.24 bits per heavy atom. The van der Waals surface area contributed by atoms with Gasteiger partial charge in [-0.3, -0.25) is 4.90 Å². The van der Waals surface area contributed by atoms with E-state index in [4.69, 9.17) is 0 Å². The molecule has 1 aromatic carbocycles. The van der Waals surface area contributed by atoms with Gasteiger partial charge in [0.25, 0.3) is 0 Å². The van der Waals surface area contributed by atoms with Crippen LogP contribution in [0, 0.1) is 6.92 Å². The number of aryl methyl sites for hydroxylation is 1. The Hall–Kier alpha value is -0.680. The van der Waals surface area contributed by atoms with E-state index in [9.17, 15) is 0 Å². The van der Waals surface area contributed by atoms with Crippen molar-refractivity contribution in [2.24, 2.45) is 0 Å². The number of hydrogen-bond donors (Lipinski definition) is 1. The molecular formula is C17H23BrN2S. The van der Waals surface area contributed by atoms with Gasteiger partial charge < -0.3 is 5.32 Å². The fourth-order valence-electron chi connectivity index (χ4n) is 2.37. The van der Waals surface area contributed by atoms with Crippen molar-refractivity contribution in [1.82, 2.24) is 10.2 Å². The van der Waals surface area contributed by atoms with Crippen LogP contribution in [0.3, 0.4) is 0 Å². The van der Waals surface area contributed by atoms with Crippen LogP contribution in [0.4, 0.5) is 0 Å². The highest BCUT2D eigenvalue weighted by Crippen LogP contribution is 2.23. The van der Waals surface area contributed by atoms with Crippen LogP contribution < -0.4 is 5.32 Å². The lowest BCUT2D eigenvalue weighted by molar-refractivity contribution is 0.319. The van der Waals surface area contributed by atoms with Crippen molar-refractivity contribution in [3.8, 4) is 0 Å². The molecule has 2 rings (SSSR count). The van der Waals surface area contributed by atoms with Crippen molar-refractivity contribution >= 4 is 27.3 Å². The molecule has 0 saturated carbocycles. The number of thiophene rings is 1. The number of nitrogens with one attached hydrogen (secondary N) is 1. The van der Waals surface area contributed by atoms with Gasteiger partial charge in [-0.15, -0.1) is 11.3 Å². The van der Waals surface area contributed by atoms with E-state index in [0.717, 1.165) is 30.7 Å². The standard InChI is InChI=1S/C17H23BrN2S/c1-4-19-10-17-9-15(13(2)21-17)12-20(3)11-14-6-5-7-16(18)8-14/h5-9,19H,4,10-12H2,1-3H3. The lowest BCUT2D eigenvalue weighted by Gasteiger charge is -2.16. The average Bonchev–Trinajstić information content (AvgIpc) is 2.77. The monoisotopic (exact) mass is 366 g/mol. The molecule has 21 heavy (non-hydrogen) atoms. The molecule has 1 aromatic heterocycles. The zero-order chi connectivity index (χ0) is 15.2. The first-order valence-electron chi connectivity index (χ1n) is 7.30. The summed E-state index contributed by atoms with van der Waals surface area (Å²) in [5.41, 5.74) is 2.79. The predicted octanol–water partition coefficient (Wildman–Crippen LogP) is 4.56. The van der Waals surface area contributed by atoms with E-state index in [-0.39, 0.29) is 0 Å². The third-order valence-corrected chi connectivity index (χ3v) is 4.99. The van der Waals surface area contributed by atoms with Gasteiger partial charge in [0.15, 0.2) is 0 Å². The molecule has 0 amide bonds. The van der Waals surface area contributed by atoms with Gasteiger partial charge in [-0.1, -0.05) is 35.0 Å². The Labute approximate surface area is 140 Å². The Morgan fingerprint density at radius 2 is 2.05 bits per heavy atom. The average molecular weight is 367 g/mol. The normalized spacial score (nSPS) is 11.3. The second kappa shape index (κ2) is 8.08. The van der Waals surface area contributed by atoms with Gasteiger partial charge in [-0.25, -0.2) is 0 Å². The van der Waals surface area contributed by atoms with Gasteiger partial charge in [-0.05, 0) is 49.8 Å². The first-order valence-corrected chi connectivity index (χ1v) is 8.91. The largest absolute Gasteiger partial charge is 0.312 e. The SMILES string of the molecule is CCNCc1cc(CN(C)Cc2cccc(Br)c2)c(C)s1. The van der Waals surface area contributed by atoms with Gasteiger partial charge >= 0.3 is 0 Å². The van der Waals surface area contributed by atoms with Crippen LogP contribution >= 0.6 is 27.3 Å². The van der Waals surface area contributed by atoms with Gasteiger partial charge in [-0.2, -0.15) is 0 Å². The van der Waals surface area contributed by atoms with Crippen LogP contribution in [-0.4, -0.2) is 18.5 Å². The molecule has 0 aliphatic rings. The Kier molecular flexibility index (Phi) is 6.42. The maximum Gasteiger partial charge on any atom is 0.0299 e. The summed E-state index contributed by atoms with van der Waals surface area (Å²) in [5.74, 6) is 0. The van der Waals surface area contributed by atoms with E-state index in [1.54, 1.807) is 0 Å². The van der Waals surface area contributed by atoms with Crippen molar-refractivity contribution in [2.75, 3.05) is 13.6 Å². The summed E-state index contributed by atoms with van der Waals surface area (Å²) in [6.07, 6.45) is 0. The van der Waals surface area contributed by atoms with E-state index >= 15 is 0 Å². The van der Waals surface area contributed by atoms with Crippen molar-refractivity contribution in [2.45, 2.75) is 33.5 Å². The van der Waals surface area contributed by atoms with Crippen LogP contribution in [0.15, 0.2) is 34.8 Å². The van der Waals surface area contributed by atoms with Crippen LogP contribution in [0.1, 0.15) is 27.8 Å². The smallest absolute Gasteiger partial charge is 0.0299 e. The van der Waals surface area contributed by atoms with Crippen molar-refractivity contribution in [3.05, 3.63) is 55.7 Å². The summed E-state index contributed by atoms with van der Waals surface area (Å²) < 4.78 is 1.15. The third kappa shape index (κ3) is 5.22. The molecule has 0 atom stereocenters. The zero-order valence-corrected chi connectivity index (χ0v) is 15.4. The number of hydrogen-bond acceptors (Lipinski definition) is 3. The first-order chi connectivity index (χ1) is 10.1. The molecule has 1 heterocycles. The fraction of sp³-hybridized carbons (Fsp3) is 0.412. The second-order valence-electron chi connectivity index (χ2n) is 5.38. The molecule has 0 aliphatic carbocycles. The van der Waals surface area contributed by atoms with E-state index < -0.39 is 0 Å². The van der Waals surface area contributed by atoms with Gasteiger partial charge in [0.05, 0.1) is 0 Å². The van der Waals surface area contributed by atoms with E-state index in [2.05, 4.69) is 77.4 Å². The molecule has 0 aliphatic heterocycles. The quantitative estimate of drug-likeness (QED) is 0.772. The Balaban J connectivity index is 1.96. The maximum atomic E-state index is 3.53. The minimum Gasteiger partial charge on any atom is -0.312 e. The first kappa shape index (κ1) is 16.7. The molecule has 0 radical (unpaired) electrons. The highest BCUT2D eigenvalue weighted by molar-refractivity contribution is 9.10. The lowest BCUT2D eigenvalue weighted by Crippen LogP contribution is -2.17.